The van der Waals surface area contributed by atoms with E-state index in [1.165, 1.54) is 14.2 Å². The van der Waals surface area contributed by atoms with Crippen molar-refractivity contribution in [1.82, 2.24) is 9.97 Å². The summed E-state index contributed by atoms with van der Waals surface area (Å²) >= 11 is 0. The molecule has 0 aliphatic carbocycles. The van der Waals surface area contributed by atoms with E-state index < -0.39 is 5.97 Å². The number of rotatable bonds is 2. The molecule has 0 spiro atoms. The second kappa shape index (κ2) is 3.61. The predicted molar refractivity (Wildman–Crippen MR) is 54.0 cm³/mol. The van der Waals surface area contributed by atoms with Crippen LogP contribution in [-0.2, 0) is 4.74 Å². The smallest absolute Gasteiger partial charge is 0.340 e. The number of hydrogen-bond acceptors (Lipinski definition) is 4. The number of methoxy groups -OCH3 is 2. The lowest BCUT2D eigenvalue weighted by Gasteiger charge is -2.01. The molecule has 0 atom stereocenters. The van der Waals surface area contributed by atoms with Crippen LogP contribution in [-0.4, -0.2) is 30.2 Å². The molecule has 15 heavy (non-hydrogen) atoms. The van der Waals surface area contributed by atoms with Gasteiger partial charge in [0.05, 0.1) is 30.7 Å². The van der Waals surface area contributed by atoms with Crippen LogP contribution in [0.4, 0.5) is 0 Å². The number of H-pyrrole nitrogens is 1. The summed E-state index contributed by atoms with van der Waals surface area (Å²) in [4.78, 5) is 18.4. The van der Waals surface area contributed by atoms with Crippen LogP contribution in [0.2, 0.25) is 0 Å². The van der Waals surface area contributed by atoms with E-state index in [4.69, 9.17) is 4.74 Å². The van der Waals surface area contributed by atoms with Crippen LogP contribution >= 0.6 is 0 Å². The molecule has 0 bridgehead atoms. The van der Waals surface area contributed by atoms with Crippen LogP contribution in [0.3, 0.4) is 0 Å². The van der Waals surface area contributed by atoms with Crippen LogP contribution in [0.25, 0.3) is 10.9 Å². The fourth-order valence-corrected chi connectivity index (χ4v) is 1.47. The second-order valence-corrected chi connectivity index (χ2v) is 2.94. The minimum atomic E-state index is -0.410. The lowest BCUT2D eigenvalue weighted by atomic mass is 10.2. The number of ether oxygens (including phenoxy) is 2. The SMILES string of the molecule is COC(=O)c1c[nH]c2ccnc(OC)c12. The Bertz CT molecular complexity index is 504. The monoisotopic (exact) mass is 206 g/mol. The third-order valence-electron chi connectivity index (χ3n) is 2.16. The van der Waals surface area contributed by atoms with Crippen molar-refractivity contribution in [1.29, 1.82) is 0 Å². The number of carbonyl (C=O) groups excluding carboxylic acids is 1. The van der Waals surface area contributed by atoms with Crippen LogP contribution in [0.1, 0.15) is 10.4 Å². The summed E-state index contributed by atoms with van der Waals surface area (Å²) in [6.45, 7) is 0. The Morgan fingerprint density at radius 2 is 2.27 bits per heavy atom. The maximum Gasteiger partial charge on any atom is 0.340 e. The standard InChI is InChI=1S/C10H10N2O3/c1-14-9-8-6(10(13)15-2)5-12-7(8)3-4-11-9/h3-5,12H,1-2H3. The first-order valence-corrected chi connectivity index (χ1v) is 4.36. The van der Waals surface area contributed by atoms with Gasteiger partial charge in [-0.25, -0.2) is 9.78 Å². The average Bonchev–Trinajstić information content (AvgIpc) is 2.71. The number of nitrogens with one attached hydrogen (secondary N) is 1. The van der Waals surface area contributed by atoms with Gasteiger partial charge in [0.2, 0.25) is 5.88 Å². The van der Waals surface area contributed by atoms with E-state index >= 15 is 0 Å². The fourth-order valence-electron chi connectivity index (χ4n) is 1.47. The summed E-state index contributed by atoms with van der Waals surface area (Å²) < 4.78 is 9.74. The molecular formula is C10H10N2O3. The van der Waals surface area contributed by atoms with Crippen molar-refractivity contribution in [2.75, 3.05) is 14.2 Å². The number of aromatic amines is 1. The van der Waals surface area contributed by atoms with Gasteiger partial charge in [-0.15, -0.1) is 0 Å². The Hall–Kier alpha value is -2.04. The number of aromatic nitrogens is 2. The number of nitrogens with zero attached hydrogens (tertiary/aromatic N) is 1. The highest BCUT2D eigenvalue weighted by atomic mass is 16.5. The Labute approximate surface area is 86.0 Å². The molecule has 5 heteroatoms. The zero-order valence-corrected chi connectivity index (χ0v) is 8.40. The lowest BCUT2D eigenvalue weighted by molar-refractivity contribution is 0.0603. The van der Waals surface area contributed by atoms with Crippen molar-refractivity contribution >= 4 is 16.9 Å². The highest BCUT2D eigenvalue weighted by Crippen LogP contribution is 2.26. The summed E-state index contributed by atoms with van der Waals surface area (Å²) in [7, 11) is 2.85. The molecule has 0 saturated heterocycles. The van der Waals surface area contributed by atoms with E-state index in [2.05, 4.69) is 14.7 Å². The van der Waals surface area contributed by atoms with E-state index in [-0.39, 0.29) is 0 Å². The Morgan fingerprint density at radius 3 is 2.93 bits per heavy atom. The van der Waals surface area contributed by atoms with Gasteiger partial charge in [-0.05, 0) is 6.07 Å². The maximum absolute atomic E-state index is 11.4. The first-order chi connectivity index (χ1) is 7.27. The minimum Gasteiger partial charge on any atom is -0.480 e. The van der Waals surface area contributed by atoms with E-state index in [0.29, 0.717) is 16.8 Å². The molecule has 5 nitrogen and oxygen atoms in total. The van der Waals surface area contributed by atoms with E-state index in [1.807, 2.05) is 0 Å². The predicted octanol–water partition coefficient (Wildman–Crippen LogP) is 1.36. The molecule has 2 heterocycles. The van der Waals surface area contributed by atoms with Gasteiger partial charge >= 0.3 is 5.97 Å². The van der Waals surface area contributed by atoms with Crippen LogP contribution in [0.15, 0.2) is 18.5 Å². The van der Waals surface area contributed by atoms with Crippen LogP contribution < -0.4 is 4.74 Å². The third kappa shape index (κ3) is 1.41. The Morgan fingerprint density at radius 1 is 1.47 bits per heavy atom. The molecule has 0 aliphatic heterocycles. The van der Waals surface area contributed by atoms with Crippen molar-refractivity contribution in [2.45, 2.75) is 0 Å². The molecule has 2 aromatic rings. The molecule has 0 aromatic carbocycles. The molecule has 0 unspecified atom stereocenters. The maximum atomic E-state index is 11.4. The van der Waals surface area contributed by atoms with Gasteiger partial charge in [0.1, 0.15) is 0 Å². The van der Waals surface area contributed by atoms with E-state index in [0.717, 1.165) is 5.52 Å². The minimum absolute atomic E-state index is 0.410. The zero-order valence-electron chi connectivity index (χ0n) is 8.40. The van der Waals surface area contributed by atoms with Crippen molar-refractivity contribution in [3.63, 3.8) is 0 Å². The summed E-state index contributed by atoms with van der Waals surface area (Å²) in [6, 6.07) is 1.77. The number of esters is 1. The topological polar surface area (TPSA) is 64.2 Å². The van der Waals surface area contributed by atoms with Crippen LogP contribution in [0, 0.1) is 0 Å². The summed E-state index contributed by atoms with van der Waals surface area (Å²) in [5, 5.41) is 0.645. The number of fused-ring (bicyclic) bond motifs is 1. The van der Waals surface area contributed by atoms with Crippen molar-refractivity contribution in [3.8, 4) is 5.88 Å². The zero-order chi connectivity index (χ0) is 10.8. The summed E-state index contributed by atoms with van der Waals surface area (Å²) in [5.74, 6) is 0.00157. The molecule has 78 valence electrons. The number of carbonyl (C=O) groups is 1. The molecule has 0 aliphatic rings. The van der Waals surface area contributed by atoms with Gasteiger partial charge in [0, 0.05) is 12.4 Å². The molecule has 0 radical (unpaired) electrons. The van der Waals surface area contributed by atoms with Gasteiger partial charge in [0.25, 0.3) is 0 Å². The Balaban J connectivity index is 2.71. The Kier molecular flexibility index (Phi) is 2.29. The quantitative estimate of drug-likeness (QED) is 0.753. The van der Waals surface area contributed by atoms with E-state index in [9.17, 15) is 4.79 Å². The lowest BCUT2D eigenvalue weighted by Crippen LogP contribution is -2.00. The van der Waals surface area contributed by atoms with Crippen LogP contribution in [0.5, 0.6) is 5.88 Å². The van der Waals surface area contributed by atoms with Gasteiger partial charge in [-0.2, -0.15) is 0 Å². The van der Waals surface area contributed by atoms with Crippen molar-refractivity contribution < 1.29 is 14.3 Å². The first kappa shape index (κ1) is 9.51. The van der Waals surface area contributed by atoms with Gasteiger partial charge in [-0.3, -0.25) is 0 Å². The average molecular weight is 206 g/mol. The number of hydrogen-bond donors (Lipinski definition) is 1. The normalized spacial score (nSPS) is 10.3. The fraction of sp³-hybridized carbons (Fsp3) is 0.200. The van der Waals surface area contributed by atoms with Crippen molar-refractivity contribution in [2.24, 2.45) is 0 Å². The second-order valence-electron chi connectivity index (χ2n) is 2.94. The van der Waals surface area contributed by atoms with Gasteiger partial charge < -0.3 is 14.5 Å². The van der Waals surface area contributed by atoms with E-state index in [1.54, 1.807) is 18.5 Å². The molecule has 2 aromatic heterocycles. The first-order valence-electron chi connectivity index (χ1n) is 4.36. The third-order valence-corrected chi connectivity index (χ3v) is 2.16. The summed E-state index contributed by atoms with van der Waals surface area (Å²) in [5.41, 5.74) is 1.22. The molecule has 2 rings (SSSR count). The highest BCUT2D eigenvalue weighted by molar-refractivity contribution is 6.05. The molecule has 0 amide bonds. The highest BCUT2D eigenvalue weighted by Gasteiger charge is 2.16. The molecular weight excluding hydrogens is 196 g/mol. The number of pyridine rings is 1. The molecule has 0 fully saturated rings. The molecule has 0 saturated carbocycles. The largest absolute Gasteiger partial charge is 0.480 e. The van der Waals surface area contributed by atoms with Crippen molar-refractivity contribution in [3.05, 3.63) is 24.0 Å². The van der Waals surface area contributed by atoms with Gasteiger partial charge in [-0.1, -0.05) is 0 Å². The molecule has 1 N–H and O–H groups in total. The summed E-state index contributed by atoms with van der Waals surface area (Å²) in [6.07, 6.45) is 3.19. The van der Waals surface area contributed by atoms with Gasteiger partial charge in [0.15, 0.2) is 0 Å².